The first kappa shape index (κ1) is 53.9. The molecule has 1 unspecified atom stereocenters. The Morgan fingerprint density at radius 1 is 0.368 bits per heavy atom. The number of carbonyl (C=O) groups is 3. The van der Waals surface area contributed by atoms with E-state index in [2.05, 4.69) is 93.7 Å². The van der Waals surface area contributed by atoms with Crippen molar-refractivity contribution in [3.05, 3.63) is 72.9 Å². The number of carbonyl (C=O) groups excluding carboxylic acids is 3. The molecule has 0 aromatic rings. The van der Waals surface area contributed by atoms with Crippen LogP contribution in [-0.2, 0) is 28.6 Å². The molecule has 0 bridgehead atoms. The van der Waals surface area contributed by atoms with Crippen molar-refractivity contribution in [3.63, 3.8) is 0 Å². The van der Waals surface area contributed by atoms with E-state index < -0.39 is 6.10 Å². The largest absolute Gasteiger partial charge is 0.462 e. The molecule has 0 radical (unpaired) electrons. The lowest BCUT2D eigenvalue weighted by atomic mass is 10.1. The van der Waals surface area contributed by atoms with Crippen molar-refractivity contribution in [1.29, 1.82) is 0 Å². The summed E-state index contributed by atoms with van der Waals surface area (Å²) in [6.45, 7) is 6.39. The molecule has 0 saturated carbocycles. The molecule has 1 atom stereocenters. The van der Waals surface area contributed by atoms with Gasteiger partial charge in [-0.25, -0.2) is 0 Å². The third-order valence-electron chi connectivity index (χ3n) is 9.66. The van der Waals surface area contributed by atoms with Crippen LogP contribution in [0.15, 0.2) is 72.9 Å². The van der Waals surface area contributed by atoms with Crippen LogP contribution in [0.2, 0.25) is 0 Å². The third-order valence-corrected chi connectivity index (χ3v) is 9.66. The summed E-state index contributed by atoms with van der Waals surface area (Å²) in [4.78, 5) is 37.7. The Balaban J connectivity index is 4.47. The molecule has 6 nitrogen and oxygen atoms in total. The lowest BCUT2D eigenvalue weighted by molar-refractivity contribution is -0.167. The fraction of sp³-hybridized carbons (Fsp3) is 0.706. The molecule has 0 aliphatic rings. The van der Waals surface area contributed by atoms with E-state index in [9.17, 15) is 14.4 Å². The zero-order chi connectivity index (χ0) is 41.5. The summed E-state index contributed by atoms with van der Waals surface area (Å²) in [6.07, 6.45) is 56.1. The van der Waals surface area contributed by atoms with Gasteiger partial charge in [0, 0.05) is 19.3 Å². The van der Waals surface area contributed by atoms with Gasteiger partial charge in [0.2, 0.25) is 0 Å². The van der Waals surface area contributed by atoms with E-state index in [1.54, 1.807) is 0 Å². The second kappa shape index (κ2) is 45.6. The number of rotatable bonds is 41. The van der Waals surface area contributed by atoms with Crippen LogP contribution in [0.4, 0.5) is 0 Å². The molecular weight excluding hydrogens is 709 g/mol. The summed E-state index contributed by atoms with van der Waals surface area (Å²) in [5, 5.41) is 0. The van der Waals surface area contributed by atoms with E-state index in [0.717, 1.165) is 109 Å². The van der Waals surface area contributed by atoms with Crippen LogP contribution in [-0.4, -0.2) is 37.2 Å². The minimum absolute atomic E-state index is 0.104. The highest BCUT2D eigenvalue weighted by Crippen LogP contribution is 2.12. The topological polar surface area (TPSA) is 78.9 Å². The average molecular weight is 795 g/mol. The molecule has 0 fully saturated rings. The Hall–Kier alpha value is -3.15. The van der Waals surface area contributed by atoms with Crippen molar-refractivity contribution >= 4 is 17.9 Å². The molecule has 0 amide bonds. The molecule has 0 N–H and O–H groups in total. The predicted octanol–water partition coefficient (Wildman–Crippen LogP) is 15.1. The normalized spacial score (nSPS) is 12.7. The van der Waals surface area contributed by atoms with Crippen molar-refractivity contribution < 1.29 is 28.6 Å². The Morgan fingerprint density at radius 2 is 0.719 bits per heavy atom. The Kier molecular flexibility index (Phi) is 43.0. The van der Waals surface area contributed by atoms with Gasteiger partial charge in [0.15, 0.2) is 6.10 Å². The Morgan fingerprint density at radius 3 is 1.21 bits per heavy atom. The number of hydrogen-bond acceptors (Lipinski definition) is 6. The zero-order valence-electron chi connectivity index (χ0n) is 37.1. The van der Waals surface area contributed by atoms with Gasteiger partial charge >= 0.3 is 17.9 Å². The summed E-state index contributed by atoms with van der Waals surface area (Å²) < 4.78 is 16.6. The highest BCUT2D eigenvalue weighted by atomic mass is 16.6. The lowest BCUT2D eigenvalue weighted by Gasteiger charge is -2.18. The van der Waals surface area contributed by atoms with E-state index >= 15 is 0 Å². The quantitative estimate of drug-likeness (QED) is 0.0265. The van der Waals surface area contributed by atoms with Crippen LogP contribution >= 0.6 is 0 Å². The molecule has 0 spiro atoms. The van der Waals surface area contributed by atoms with Crippen molar-refractivity contribution in [1.82, 2.24) is 0 Å². The van der Waals surface area contributed by atoms with Crippen LogP contribution in [0.3, 0.4) is 0 Å². The molecule has 326 valence electrons. The van der Waals surface area contributed by atoms with Crippen LogP contribution in [0, 0.1) is 0 Å². The first-order chi connectivity index (χ1) is 28.0. The average Bonchev–Trinajstić information content (AvgIpc) is 3.21. The smallest absolute Gasteiger partial charge is 0.306 e. The Bertz CT molecular complexity index is 1100. The van der Waals surface area contributed by atoms with Crippen molar-refractivity contribution in [2.75, 3.05) is 13.2 Å². The maximum absolute atomic E-state index is 12.7. The van der Waals surface area contributed by atoms with E-state index in [0.29, 0.717) is 19.3 Å². The molecule has 0 aliphatic heterocycles. The number of hydrogen-bond donors (Lipinski definition) is 0. The minimum atomic E-state index is -0.805. The molecular formula is C51H86O6. The van der Waals surface area contributed by atoms with Crippen LogP contribution in [0.1, 0.15) is 213 Å². The first-order valence-electron chi connectivity index (χ1n) is 23.4. The molecule has 0 aromatic carbocycles. The standard InChI is InChI=1S/C51H86O6/c1-4-7-10-13-16-19-22-24-25-26-27-28-30-32-35-38-41-44-50(53)56-47-48(46-55-49(52)43-40-37-34-31-21-18-15-12-9-6-3)57-51(54)45-42-39-36-33-29-23-20-17-14-11-8-5-2/h8,11,15,17-18,20,24-25,27-28,32,35,48H,4-7,9-10,12-14,16,19,21-23,26,29-31,33-34,36-47H2,1-3H3/b11-8-,18-15-,20-17-,25-24-,28-27-,35-32-. The van der Waals surface area contributed by atoms with E-state index in [4.69, 9.17) is 14.2 Å². The zero-order valence-corrected chi connectivity index (χ0v) is 37.1. The SMILES string of the molecule is CC/C=C\C/C=C\CCCCCCCC(=O)OC(COC(=O)CCC/C=C\C/C=C\C/C=C\CCCCCCCC)COC(=O)CCCCCC/C=C\CCCC. The monoisotopic (exact) mass is 795 g/mol. The van der Waals surface area contributed by atoms with Gasteiger partial charge in [0.05, 0.1) is 0 Å². The van der Waals surface area contributed by atoms with Gasteiger partial charge in [-0.15, -0.1) is 0 Å². The van der Waals surface area contributed by atoms with Gasteiger partial charge in [-0.3, -0.25) is 14.4 Å². The van der Waals surface area contributed by atoms with Gasteiger partial charge in [0.1, 0.15) is 13.2 Å². The van der Waals surface area contributed by atoms with Crippen LogP contribution in [0.25, 0.3) is 0 Å². The second-order valence-corrected chi connectivity index (χ2v) is 15.3. The third kappa shape index (κ3) is 43.8. The van der Waals surface area contributed by atoms with Crippen molar-refractivity contribution in [2.24, 2.45) is 0 Å². The van der Waals surface area contributed by atoms with Gasteiger partial charge < -0.3 is 14.2 Å². The van der Waals surface area contributed by atoms with Gasteiger partial charge in [0.25, 0.3) is 0 Å². The van der Waals surface area contributed by atoms with Gasteiger partial charge in [-0.05, 0) is 96.3 Å². The van der Waals surface area contributed by atoms with Gasteiger partial charge in [-0.1, -0.05) is 171 Å². The molecule has 0 aromatic heterocycles. The summed E-state index contributed by atoms with van der Waals surface area (Å²) in [5.41, 5.74) is 0. The molecule has 0 heterocycles. The molecule has 0 saturated heterocycles. The minimum Gasteiger partial charge on any atom is -0.462 e. The summed E-state index contributed by atoms with van der Waals surface area (Å²) in [5.74, 6) is -0.992. The first-order valence-corrected chi connectivity index (χ1v) is 23.4. The summed E-state index contributed by atoms with van der Waals surface area (Å²) in [7, 11) is 0. The van der Waals surface area contributed by atoms with E-state index in [1.807, 2.05) is 0 Å². The summed E-state index contributed by atoms with van der Waals surface area (Å²) >= 11 is 0. The molecule has 0 rings (SSSR count). The maximum Gasteiger partial charge on any atom is 0.306 e. The highest BCUT2D eigenvalue weighted by molar-refractivity contribution is 5.71. The number of allylic oxidation sites excluding steroid dienone is 12. The van der Waals surface area contributed by atoms with E-state index in [-0.39, 0.29) is 37.5 Å². The fourth-order valence-electron chi connectivity index (χ4n) is 6.12. The molecule has 57 heavy (non-hydrogen) atoms. The number of unbranched alkanes of at least 4 members (excludes halogenated alkanes) is 18. The van der Waals surface area contributed by atoms with Gasteiger partial charge in [-0.2, -0.15) is 0 Å². The predicted molar refractivity (Wildman–Crippen MR) is 242 cm³/mol. The van der Waals surface area contributed by atoms with E-state index in [1.165, 1.54) is 57.8 Å². The maximum atomic E-state index is 12.7. The Labute approximate surface area is 351 Å². The van der Waals surface area contributed by atoms with Crippen molar-refractivity contribution in [3.8, 4) is 0 Å². The molecule has 6 heteroatoms. The number of esters is 3. The highest BCUT2D eigenvalue weighted by Gasteiger charge is 2.19. The summed E-state index contributed by atoms with van der Waals surface area (Å²) in [6, 6.07) is 0. The second-order valence-electron chi connectivity index (χ2n) is 15.3. The fourth-order valence-corrected chi connectivity index (χ4v) is 6.12. The lowest BCUT2D eigenvalue weighted by Crippen LogP contribution is -2.30. The molecule has 0 aliphatic carbocycles. The number of ether oxygens (including phenoxy) is 3. The van der Waals surface area contributed by atoms with Crippen LogP contribution < -0.4 is 0 Å². The van der Waals surface area contributed by atoms with Crippen LogP contribution in [0.5, 0.6) is 0 Å². The van der Waals surface area contributed by atoms with Crippen molar-refractivity contribution in [2.45, 2.75) is 219 Å².